The summed E-state index contributed by atoms with van der Waals surface area (Å²) in [6, 6.07) is -0.166. The van der Waals surface area contributed by atoms with Gasteiger partial charge in [0, 0.05) is 13.2 Å². The van der Waals surface area contributed by atoms with Crippen molar-refractivity contribution in [3.8, 4) is 0 Å². The summed E-state index contributed by atoms with van der Waals surface area (Å²) < 4.78 is 32.8. The summed E-state index contributed by atoms with van der Waals surface area (Å²) in [5.74, 6) is 0. The van der Waals surface area contributed by atoms with Gasteiger partial charge < -0.3 is 4.74 Å². The highest BCUT2D eigenvalue weighted by molar-refractivity contribution is 7.91. The molecule has 0 amide bonds. The Bertz CT molecular complexity index is 529. The van der Waals surface area contributed by atoms with Crippen molar-refractivity contribution in [2.24, 2.45) is 0 Å². The molecule has 2 unspecified atom stereocenters. The Morgan fingerprint density at radius 2 is 2.22 bits per heavy atom. The van der Waals surface area contributed by atoms with Gasteiger partial charge in [-0.25, -0.2) is 18.1 Å². The minimum Gasteiger partial charge on any atom is -0.380 e. The number of ether oxygens (including phenoxy) is 1. The van der Waals surface area contributed by atoms with Gasteiger partial charge in [0.1, 0.15) is 0 Å². The Labute approximate surface area is 116 Å². The summed E-state index contributed by atoms with van der Waals surface area (Å²) in [4.78, 5) is 3.92. The van der Waals surface area contributed by atoms with Gasteiger partial charge in [-0.2, -0.15) is 0 Å². The van der Waals surface area contributed by atoms with Crippen LogP contribution in [-0.4, -0.2) is 32.7 Å². The van der Waals surface area contributed by atoms with Crippen LogP contribution in [0.15, 0.2) is 4.21 Å². The third kappa shape index (κ3) is 2.85. The topological polar surface area (TPSA) is 68.3 Å². The lowest BCUT2D eigenvalue weighted by molar-refractivity contribution is 0.0916. The molecule has 1 saturated carbocycles. The van der Waals surface area contributed by atoms with E-state index in [9.17, 15) is 8.42 Å². The minimum atomic E-state index is -3.55. The monoisotopic (exact) mass is 310 g/mol. The van der Waals surface area contributed by atoms with Gasteiger partial charge in [-0.1, -0.05) is 22.9 Å². The van der Waals surface area contributed by atoms with Crippen molar-refractivity contribution in [1.29, 1.82) is 0 Å². The Morgan fingerprint density at radius 1 is 1.50 bits per heavy atom. The second-order valence-electron chi connectivity index (χ2n) is 4.27. The molecular formula is C10H15ClN2O3S2. The van der Waals surface area contributed by atoms with E-state index in [0.717, 1.165) is 30.6 Å². The lowest BCUT2D eigenvalue weighted by atomic mass is 10.2. The number of rotatable bonds is 4. The van der Waals surface area contributed by atoms with Gasteiger partial charge in [-0.3, -0.25) is 0 Å². The van der Waals surface area contributed by atoms with Gasteiger partial charge in [-0.15, -0.1) is 0 Å². The maximum Gasteiger partial charge on any atom is 0.252 e. The molecule has 2 atom stereocenters. The van der Waals surface area contributed by atoms with Crippen LogP contribution in [0.2, 0.25) is 4.47 Å². The molecule has 1 fully saturated rings. The number of aryl methyl sites for hydroxylation is 1. The third-order valence-electron chi connectivity index (χ3n) is 3.03. The largest absolute Gasteiger partial charge is 0.380 e. The van der Waals surface area contributed by atoms with Crippen LogP contribution in [0.25, 0.3) is 0 Å². The maximum absolute atomic E-state index is 12.2. The molecule has 0 bridgehead atoms. The van der Waals surface area contributed by atoms with E-state index in [-0.39, 0.29) is 20.8 Å². The van der Waals surface area contributed by atoms with E-state index < -0.39 is 10.0 Å². The molecule has 1 N–H and O–H groups in total. The third-order valence-corrected chi connectivity index (χ3v) is 6.40. The van der Waals surface area contributed by atoms with Crippen LogP contribution >= 0.6 is 22.9 Å². The highest BCUT2D eigenvalue weighted by Crippen LogP contribution is 2.29. The van der Waals surface area contributed by atoms with Crippen molar-refractivity contribution < 1.29 is 13.2 Å². The van der Waals surface area contributed by atoms with Crippen LogP contribution < -0.4 is 4.72 Å². The molecule has 0 aliphatic heterocycles. The van der Waals surface area contributed by atoms with E-state index in [0.29, 0.717) is 5.69 Å². The van der Waals surface area contributed by atoms with Crippen LogP contribution in [0.3, 0.4) is 0 Å². The molecule has 1 aromatic rings. The molecule has 2 rings (SSSR count). The number of nitrogens with one attached hydrogen (secondary N) is 1. The van der Waals surface area contributed by atoms with Gasteiger partial charge in [0.05, 0.1) is 11.8 Å². The molecule has 0 spiro atoms. The van der Waals surface area contributed by atoms with Crippen LogP contribution in [-0.2, 0) is 14.8 Å². The molecule has 1 aliphatic carbocycles. The number of aromatic nitrogens is 1. The van der Waals surface area contributed by atoms with Gasteiger partial charge in [-0.05, 0) is 26.2 Å². The average molecular weight is 311 g/mol. The first-order chi connectivity index (χ1) is 8.44. The van der Waals surface area contributed by atoms with Crippen molar-refractivity contribution in [2.45, 2.75) is 42.5 Å². The van der Waals surface area contributed by atoms with Crippen LogP contribution in [0, 0.1) is 6.92 Å². The molecule has 0 saturated heterocycles. The average Bonchev–Trinajstić information content (AvgIpc) is 2.84. The summed E-state index contributed by atoms with van der Waals surface area (Å²) >= 11 is 6.71. The number of methoxy groups -OCH3 is 1. The van der Waals surface area contributed by atoms with Crippen molar-refractivity contribution in [2.75, 3.05) is 7.11 Å². The first-order valence-corrected chi connectivity index (χ1v) is 8.30. The summed E-state index contributed by atoms with van der Waals surface area (Å²) in [6.45, 7) is 1.64. The van der Waals surface area contributed by atoms with E-state index in [4.69, 9.17) is 16.3 Å². The van der Waals surface area contributed by atoms with Crippen LogP contribution in [0.1, 0.15) is 25.0 Å². The number of thiazole rings is 1. The van der Waals surface area contributed by atoms with Crippen molar-refractivity contribution in [3.63, 3.8) is 0 Å². The predicted octanol–water partition coefficient (Wildman–Crippen LogP) is 1.95. The smallest absolute Gasteiger partial charge is 0.252 e. The lowest BCUT2D eigenvalue weighted by Crippen LogP contribution is -2.40. The van der Waals surface area contributed by atoms with Crippen molar-refractivity contribution in [3.05, 3.63) is 10.2 Å². The lowest BCUT2D eigenvalue weighted by Gasteiger charge is -2.19. The summed E-state index contributed by atoms with van der Waals surface area (Å²) in [5.41, 5.74) is 0.435. The second kappa shape index (κ2) is 5.42. The quantitative estimate of drug-likeness (QED) is 0.923. The van der Waals surface area contributed by atoms with Crippen molar-refractivity contribution >= 4 is 33.0 Å². The summed E-state index contributed by atoms with van der Waals surface area (Å²) in [5, 5.41) is 0. The Kier molecular flexibility index (Phi) is 4.28. The number of halogens is 1. The first kappa shape index (κ1) is 14.2. The molecule has 0 aromatic carbocycles. The van der Waals surface area contributed by atoms with Gasteiger partial charge >= 0.3 is 0 Å². The minimum absolute atomic E-state index is 0.0523. The normalized spacial score (nSPS) is 24.6. The molecule has 0 radical (unpaired) electrons. The molecule has 5 nitrogen and oxygen atoms in total. The zero-order valence-electron chi connectivity index (χ0n) is 10.1. The van der Waals surface area contributed by atoms with E-state index in [1.54, 1.807) is 14.0 Å². The molecule has 102 valence electrons. The number of hydrogen-bond donors (Lipinski definition) is 1. The SMILES string of the molecule is COC1CCCC1NS(=O)(=O)c1sc(Cl)nc1C. The standard InChI is InChI=1S/C10H15ClN2O3S2/c1-6-9(17-10(11)12-6)18(14,15)13-7-4-3-5-8(7)16-2/h7-8,13H,3-5H2,1-2H3. The zero-order valence-corrected chi connectivity index (χ0v) is 12.5. The fourth-order valence-corrected chi connectivity index (χ4v) is 5.25. The highest BCUT2D eigenvalue weighted by atomic mass is 35.5. The maximum atomic E-state index is 12.2. The Balaban J connectivity index is 2.19. The first-order valence-electron chi connectivity index (χ1n) is 5.62. The molecule has 8 heteroatoms. The predicted molar refractivity (Wildman–Crippen MR) is 70.6 cm³/mol. The fraction of sp³-hybridized carbons (Fsp3) is 0.700. The highest BCUT2D eigenvalue weighted by Gasteiger charge is 2.32. The van der Waals surface area contributed by atoms with E-state index >= 15 is 0 Å². The van der Waals surface area contributed by atoms with Gasteiger partial charge in [0.2, 0.25) is 0 Å². The molecule has 1 aromatic heterocycles. The van der Waals surface area contributed by atoms with Gasteiger partial charge in [0.15, 0.2) is 8.68 Å². The fourth-order valence-electron chi connectivity index (χ4n) is 2.20. The van der Waals surface area contributed by atoms with Crippen LogP contribution in [0.5, 0.6) is 0 Å². The Morgan fingerprint density at radius 3 is 2.78 bits per heavy atom. The molecular weight excluding hydrogens is 296 g/mol. The molecule has 18 heavy (non-hydrogen) atoms. The summed E-state index contributed by atoms with van der Waals surface area (Å²) in [6.07, 6.45) is 2.59. The zero-order chi connectivity index (χ0) is 13.3. The number of sulfonamides is 1. The summed E-state index contributed by atoms with van der Waals surface area (Å²) in [7, 11) is -1.95. The second-order valence-corrected chi connectivity index (χ2v) is 7.76. The Hall–Kier alpha value is -0.210. The molecule has 1 aliphatic rings. The van der Waals surface area contributed by atoms with E-state index in [2.05, 4.69) is 9.71 Å². The van der Waals surface area contributed by atoms with Gasteiger partial charge in [0.25, 0.3) is 10.0 Å². The number of hydrogen-bond acceptors (Lipinski definition) is 5. The van der Waals surface area contributed by atoms with Crippen LogP contribution in [0.4, 0.5) is 0 Å². The number of nitrogens with zero attached hydrogens (tertiary/aromatic N) is 1. The van der Waals surface area contributed by atoms with E-state index in [1.165, 1.54) is 0 Å². The van der Waals surface area contributed by atoms with Crippen molar-refractivity contribution in [1.82, 2.24) is 9.71 Å². The van der Waals surface area contributed by atoms with E-state index in [1.807, 2.05) is 0 Å². The molecule has 1 heterocycles.